The third kappa shape index (κ3) is 3.40. The average molecular weight is 371 g/mol. The van der Waals surface area contributed by atoms with E-state index in [9.17, 15) is 0 Å². The van der Waals surface area contributed by atoms with Crippen molar-refractivity contribution in [2.45, 2.75) is 13.8 Å². The molecule has 0 spiro atoms. The van der Waals surface area contributed by atoms with Crippen LogP contribution in [0.1, 0.15) is 12.5 Å². The van der Waals surface area contributed by atoms with Gasteiger partial charge >= 0.3 is 0 Å². The van der Waals surface area contributed by atoms with Crippen molar-refractivity contribution >= 4 is 38.5 Å². The molecule has 0 amide bonds. The maximum Gasteiger partial charge on any atom is 0.189 e. The van der Waals surface area contributed by atoms with Crippen molar-refractivity contribution in [3.05, 3.63) is 25.7 Å². The van der Waals surface area contributed by atoms with E-state index < -0.39 is 0 Å². The van der Waals surface area contributed by atoms with Crippen LogP contribution in [0.3, 0.4) is 0 Å². The molecule has 0 fully saturated rings. The van der Waals surface area contributed by atoms with E-state index in [1.54, 1.807) is 0 Å². The molecule has 0 heterocycles. The molecule has 4 heteroatoms. The second-order valence-electron chi connectivity index (χ2n) is 2.79. The van der Waals surface area contributed by atoms with Crippen molar-refractivity contribution in [1.29, 1.82) is 0 Å². The number of hydrogen-bond acceptors (Lipinski definition) is 2. The van der Waals surface area contributed by atoms with Crippen LogP contribution in [0.25, 0.3) is 0 Å². The lowest BCUT2D eigenvalue weighted by Crippen LogP contribution is -2.03. The van der Waals surface area contributed by atoms with Gasteiger partial charge in [-0.25, -0.2) is 0 Å². The maximum absolute atomic E-state index is 5.48. The van der Waals surface area contributed by atoms with Crippen LogP contribution in [0.4, 0.5) is 0 Å². The first-order valence-corrected chi connectivity index (χ1v) is 6.18. The summed E-state index contributed by atoms with van der Waals surface area (Å²) in [6.07, 6.45) is 0. The summed E-state index contributed by atoms with van der Waals surface area (Å²) in [5.41, 5.74) is 1.20. The molecule has 0 N–H and O–H groups in total. The minimum atomic E-state index is 0.308. The Hall–Kier alpha value is 0.190. The first-order valence-electron chi connectivity index (χ1n) is 4.31. The lowest BCUT2D eigenvalue weighted by molar-refractivity contribution is 0.0218. The normalized spacial score (nSPS) is 10.3. The van der Waals surface area contributed by atoms with Gasteiger partial charge in [0.25, 0.3) is 0 Å². The number of ether oxygens (including phenoxy) is 2. The van der Waals surface area contributed by atoms with E-state index >= 15 is 0 Å². The zero-order chi connectivity index (χ0) is 10.6. The molecule has 0 aliphatic rings. The number of aryl methyl sites for hydroxylation is 1. The van der Waals surface area contributed by atoms with Gasteiger partial charge in [-0.1, -0.05) is 15.9 Å². The summed E-state index contributed by atoms with van der Waals surface area (Å²) in [5.74, 6) is 0.867. The summed E-state index contributed by atoms with van der Waals surface area (Å²) in [6.45, 7) is 4.98. The van der Waals surface area contributed by atoms with Crippen LogP contribution in [0.5, 0.6) is 5.75 Å². The summed E-state index contributed by atoms with van der Waals surface area (Å²) in [4.78, 5) is 0. The number of halogens is 2. The number of hydrogen-bond donors (Lipinski definition) is 0. The smallest absolute Gasteiger partial charge is 0.189 e. The van der Waals surface area contributed by atoms with Gasteiger partial charge in [-0.3, -0.25) is 0 Å². The zero-order valence-corrected chi connectivity index (χ0v) is 11.9. The molecule has 0 aliphatic carbocycles. The molecule has 0 saturated heterocycles. The Labute approximate surface area is 106 Å². The van der Waals surface area contributed by atoms with Crippen molar-refractivity contribution in [3.63, 3.8) is 0 Å². The van der Waals surface area contributed by atoms with Crippen LogP contribution >= 0.6 is 38.5 Å². The number of benzene rings is 1. The Kier molecular flexibility index (Phi) is 5.19. The molecule has 2 nitrogen and oxygen atoms in total. The molecule has 1 rings (SSSR count). The number of rotatable bonds is 4. The largest absolute Gasteiger partial charge is 0.466 e. The summed E-state index contributed by atoms with van der Waals surface area (Å²) < 4.78 is 12.8. The first-order chi connectivity index (χ1) is 6.65. The molecule has 0 atom stereocenters. The Morgan fingerprint density at radius 1 is 1.43 bits per heavy atom. The summed E-state index contributed by atoms with van der Waals surface area (Å²) in [7, 11) is 0. The van der Waals surface area contributed by atoms with E-state index in [0.29, 0.717) is 13.4 Å². The van der Waals surface area contributed by atoms with Gasteiger partial charge in [0.2, 0.25) is 0 Å². The molecule has 0 aromatic heterocycles. The Morgan fingerprint density at radius 2 is 2.14 bits per heavy atom. The van der Waals surface area contributed by atoms with Gasteiger partial charge in [0.15, 0.2) is 6.79 Å². The molecule has 1 aromatic carbocycles. The highest BCUT2D eigenvalue weighted by Crippen LogP contribution is 2.28. The topological polar surface area (TPSA) is 18.5 Å². The highest BCUT2D eigenvalue weighted by molar-refractivity contribution is 14.1. The summed E-state index contributed by atoms with van der Waals surface area (Å²) >= 11 is 5.70. The van der Waals surface area contributed by atoms with E-state index in [2.05, 4.69) is 51.5 Å². The van der Waals surface area contributed by atoms with Crippen molar-refractivity contribution < 1.29 is 9.47 Å². The van der Waals surface area contributed by atoms with E-state index in [1.807, 2.05) is 13.0 Å². The van der Waals surface area contributed by atoms with Crippen LogP contribution in [0.2, 0.25) is 0 Å². The zero-order valence-electron chi connectivity index (χ0n) is 8.14. The minimum absolute atomic E-state index is 0.308. The van der Waals surface area contributed by atoms with Gasteiger partial charge in [-0.05, 0) is 54.1 Å². The predicted octanol–water partition coefficient (Wildman–Crippen LogP) is 3.73. The Morgan fingerprint density at radius 3 is 2.79 bits per heavy atom. The van der Waals surface area contributed by atoms with Gasteiger partial charge in [0, 0.05) is 11.1 Å². The van der Waals surface area contributed by atoms with Gasteiger partial charge < -0.3 is 9.47 Å². The highest BCUT2D eigenvalue weighted by atomic mass is 127. The average Bonchev–Trinajstić information content (AvgIpc) is 2.13. The third-order valence-corrected chi connectivity index (χ3v) is 3.53. The lowest BCUT2D eigenvalue weighted by atomic mass is 10.2. The quantitative estimate of drug-likeness (QED) is 0.456. The SMILES string of the molecule is CCOCOc1cc(Br)cc(C)c1I. The monoisotopic (exact) mass is 370 g/mol. The molecule has 14 heavy (non-hydrogen) atoms. The third-order valence-electron chi connectivity index (χ3n) is 1.69. The molecule has 0 saturated carbocycles. The minimum Gasteiger partial charge on any atom is -0.466 e. The molecule has 0 aliphatic heterocycles. The molecule has 0 bridgehead atoms. The van der Waals surface area contributed by atoms with Crippen molar-refractivity contribution in [3.8, 4) is 5.75 Å². The van der Waals surface area contributed by atoms with Gasteiger partial charge in [0.05, 0.1) is 3.57 Å². The first kappa shape index (κ1) is 12.3. The Bertz CT molecular complexity index is 315. The van der Waals surface area contributed by atoms with E-state index in [4.69, 9.17) is 9.47 Å². The second kappa shape index (κ2) is 5.92. The van der Waals surface area contributed by atoms with Crippen LogP contribution in [-0.2, 0) is 4.74 Å². The summed E-state index contributed by atoms with van der Waals surface area (Å²) in [5, 5.41) is 0. The highest BCUT2D eigenvalue weighted by Gasteiger charge is 2.05. The molecule has 78 valence electrons. The van der Waals surface area contributed by atoms with Crippen LogP contribution in [0.15, 0.2) is 16.6 Å². The van der Waals surface area contributed by atoms with E-state index in [1.165, 1.54) is 5.56 Å². The van der Waals surface area contributed by atoms with Crippen molar-refractivity contribution in [2.75, 3.05) is 13.4 Å². The Balaban J connectivity index is 2.75. The van der Waals surface area contributed by atoms with Crippen LogP contribution in [0, 0.1) is 10.5 Å². The van der Waals surface area contributed by atoms with Crippen molar-refractivity contribution in [1.82, 2.24) is 0 Å². The fourth-order valence-corrected chi connectivity index (χ4v) is 2.01. The fourth-order valence-electron chi connectivity index (χ4n) is 0.988. The summed E-state index contributed by atoms with van der Waals surface area (Å²) in [6, 6.07) is 4.02. The fraction of sp³-hybridized carbons (Fsp3) is 0.400. The van der Waals surface area contributed by atoms with Gasteiger partial charge in [0.1, 0.15) is 5.75 Å². The van der Waals surface area contributed by atoms with Crippen LogP contribution in [-0.4, -0.2) is 13.4 Å². The van der Waals surface area contributed by atoms with Gasteiger partial charge in [-0.15, -0.1) is 0 Å². The molecule has 0 unspecified atom stereocenters. The molecular formula is C10H12BrIO2. The second-order valence-corrected chi connectivity index (χ2v) is 4.78. The molecule has 1 aromatic rings. The maximum atomic E-state index is 5.48. The van der Waals surface area contributed by atoms with Crippen LogP contribution < -0.4 is 4.74 Å². The lowest BCUT2D eigenvalue weighted by Gasteiger charge is -2.10. The predicted molar refractivity (Wildman–Crippen MR) is 68.7 cm³/mol. The van der Waals surface area contributed by atoms with E-state index in [-0.39, 0.29) is 0 Å². The van der Waals surface area contributed by atoms with Gasteiger partial charge in [-0.2, -0.15) is 0 Å². The van der Waals surface area contributed by atoms with Crippen molar-refractivity contribution in [2.24, 2.45) is 0 Å². The molecule has 0 radical (unpaired) electrons. The molecular weight excluding hydrogens is 359 g/mol. The van der Waals surface area contributed by atoms with E-state index in [0.717, 1.165) is 13.8 Å². The standard InChI is InChI=1S/C10H12BrIO2/c1-3-13-6-14-9-5-8(11)4-7(2)10(9)12/h4-5H,3,6H2,1-2H3.